The van der Waals surface area contributed by atoms with Crippen molar-refractivity contribution in [1.29, 1.82) is 0 Å². The van der Waals surface area contributed by atoms with E-state index in [1.807, 2.05) is 38.1 Å². The van der Waals surface area contributed by atoms with Crippen LogP contribution in [0.15, 0.2) is 48.5 Å². The highest BCUT2D eigenvalue weighted by Gasteiger charge is 2.21. The predicted molar refractivity (Wildman–Crippen MR) is 105 cm³/mol. The van der Waals surface area contributed by atoms with Gasteiger partial charge in [0, 0.05) is 23.7 Å². The summed E-state index contributed by atoms with van der Waals surface area (Å²) in [7, 11) is 1.55. The van der Waals surface area contributed by atoms with Gasteiger partial charge in [0.2, 0.25) is 5.91 Å². The molecule has 0 aliphatic carbocycles. The third-order valence-electron chi connectivity index (χ3n) is 4.59. The molecular formula is C21H22N2O4. The van der Waals surface area contributed by atoms with Crippen molar-refractivity contribution in [2.24, 2.45) is 0 Å². The van der Waals surface area contributed by atoms with Crippen LogP contribution in [0.2, 0.25) is 0 Å². The molecule has 1 amide bonds. The van der Waals surface area contributed by atoms with Crippen LogP contribution in [0.3, 0.4) is 0 Å². The van der Waals surface area contributed by atoms with E-state index in [1.165, 1.54) is 4.57 Å². The Hall–Kier alpha value is -3.28. The molecule has 0 saturated heterocycles. The number of nitrogens with zero attached hydrogens (tertiary/aromatic N) is 2. The van der Waals surface area contributed by atoms with Crippen LogP contribution in [-0.2, 0) is 11.3 Å². The Kier molecular flexibility index (Phi) is 5.16. The van der Waals surface area contributed by atoms with E-state index in [0.717, 1.165) is 16.6 Å². The zero-order valence-electron chi connectivity index (χ0n) is 15.6. The number of carboxylic acid groups (broad SMARTS) is 1. The maximum Gasteiger partial charge on any atom is 0.352 e. The number of carboxylic acids is 1. The molecule has 27 heavy (non-hydrogen) atoms. The zero-order chi connectivity index (χ0) is 19.6. The van der Waals surface area contributed by atoms with Crippen molar-refractivity contribution in [3.8, 4) is 5.75 Å². The number of hydrogen-bond acceptors (Lipinski definition) is 3. The van der Waals surface area contributed by atoms with Crippen LogP contribution in [0.5, 0.6) is 5.75 Å². The molecule has 2 aromatic carbocycles. The van der Waals surface area contributed by atoms with E-state index in [9.17, 15) is 14.7 Å². The van der Waals surface area contributed by atoms with Crippen LogP contribution in [-0.4, -0.2) is 35.2 Å². The van der Waals surface area contributed by atoms with Crippen molar-refractivity contribution in [3.05, 3.63) is 59.8 Å². The summed E-state index contributed by atoms with van der Waals surface area (Å²) in [5.74, 6) is -0.641. The highest BCUT2D eigenvalue weighted by Crippen LogP contribution is 2.25. The van der Waals surface area contributed by atoms with Crippen molar-refractivity contribution in [2.45, 2.75) is 20.4 Å². The summed E-state index contributed by atoms with van der Waals surface area (Å²) in [4.78, 5) is 26.3. The summed E-state index contributed by atoms with van der Waals surface area (Å²) in [5.41, 5.74) is 2.63. The third kappa shape index (κ3) is 3.65. The van der Waals surface area contributed by atoms with Gasteiger partial charge in [0.05, 0.1) is 12.6 Å². The summed E-state index contributed by atoms with van der Waals surface area (Å²) in [6.45, 7) is 4.31. The number of ether oxygens (including phenoxy) is 1. The molecule has 0 aliphatic rings. The van der Waals surface area contributed by atoms with Gasteiger partial charge in [-0.05, 0) is 44.2 Å². The number of aromatic carboxylic acids is 1. The lowest BCUT2D eigenvalue weighted by Crippen LogP contribution is -2.34. The van der Waals surface area contributed by atoms with Crippen LogP contribution in [0.25, 0.3) is 10.9 Å². The number of aromatic nitrogens is 1. The van der Waals surface area contributed by atoms with Crippen molar-refractivity contribution in [2.75, 3.05) is 18.6 Å². The van der Waals surface area contributed by atoms with E-state index in [-0.39, 0.29) is 18.1 Å². The smallest absolute Gasteiger partial charge is 0.352 e. The Morgan fingerprint density at radius 2 is 1.81 bits per heavy atom. The highest BCUT2D eigenvalue weighted by atomic mass is 16.5. The molecule has 0 unspecified atom stereocenters. The van der Waals surface area contributed by atoms with E-state index >= 15 is 0 Å². The molecule has 3 rings (SSSR count). The first kappa shape index (κ1) is 18.5. The van der Waals surface area contributed by atoms with Gasteiger partial charge in [-0.1, -0.05) is 17.7 Å². The first-order valence-electron chi connectivity index (χ1n) is 8.72. The Bertz CT molecular complexity index is 989. The molecule has 0 radical (unpaired) electrons. The Balaban J connectivity index is 2.00. The van der Waals surface area contributed by atoms with E-state index in [2.05, 4.69) is 0 Å². The summed E-state index contributed by atoms with van der Waals surface area (Å²) >= 11 is 0. The quantitative estimate of drug-likeness (QED) is 0.722. The topological polar surface area (TPSA) is 71.8 Å². The number of carbonyl (C=O) groups is 2. The average Bonchev–Trinajstić information content (AvgIpc) is 3.01. The van der Waals surface area contributed by atoms with Gasteiger partial charge in [-0.15, -0.1) is 0 Å². The molecule has 0 spiro atoms. The van der Waals surface area contributed by atoms with Gasteiger partial charge >= 0.3 is 5.97 Å². The van der Waals surface area contributed by atoms with Gasteiger partial charge in [0.1, 0.15) is 18.0 Å². The third-order valence-corrected chi connectivity index (χ3v) is 4.59. The second-order valence-electron chi connectivity index (χ2n) is 6.32. The number of methoxy groups -OCH3 is 1. The molecule has 0 bridgehead atoms. The van der Waals surface area contributed by atoms with E-state index < -0.39 is 5.97 Å². The lowest BCUT2D eigenvalue weighted by Gasteiger charge is -2.22. The Labute approximate surface area is 157 Å². The van der Waals surface area contributed by atoms with Crippen molar-refractivity contribution >= 4 is 28.5 Å². The normalized spacial score (nSPS) is 10.8. The lowest BCUT2D eigenvalue weighted by molar-refractivity contribution is -0.119. The number of benzene rings is 2. The fraction of sp³-hybridized carbons (Fsp3) is 0.238. The molecule has 0 atom stereocenters. The molecule has 140 valence electrons. The molecule has 1 N–H and O–H groups in total. The van der Waals surface area contributed by atoms with Crippen LogP contribution >= 0.6 is 0 Å². The monoisotopic (exact) mass is 366 g/mol. The number of hydrogen-bond donors (Lipinski definition) is 1. The first-order chi connectivity index (χ1) is 12.9. The predicted octanol–water partition coefficient (Wildman–Crippen LogP) is 3.71. The minimum absolute atomic E-state index is 0.0694. The van der Waals surface area contributed by atoms with Crippen LogP contribution in [0, 0.1) is 6.92 Å². The van der Waals surface area contributed by atoms with Gasteiger partial charge in [-0.3, -0.25) is 4.79 Å². The largest absolute Gasteiger partial charge is 0.497 e. The van der Waals surface area contributed by atoms with Crippen molar-refractivity contribution in [3.63, 3.8) is 0 Å². The van der Waals surface area contributed by atoms with Gasteiger partial charge in [-0.25, -0.2) is 4.79 Å². The van der Waals surface area contributed by atoms with Crippen molar-refractivity contribution < 1.29 is 19.4 Å². The minimum Gasteiger partial charge on any atom is -0.497 e. The van der Waals surface area contributed by atoms with E-state index in [4.69, 9.17) is 4.74 Å². The number of carbonyl (C=O) groups excluding carboxylic acids is 1. The number of amides is 1. The van der Waals surface area contributed by atoms with E-state index in [1.54, 1.807) is 36.3 Å². The maximum absolute atomic E-state index is 13.0. The average molecular weight is 366 g/mol. The summed E-state index contributed by atoms with van der Waals surface area (Å²) in [5, 5.41) is 10.3. The van der Waals surface area contributed by atoms with Crippen LogP contribution in [0.4, 0.5) is 5.69 Å². The fourth-order valence-electron chi connectivity index (χ4n) is 3.16. The van der Waals surface area contributed by atoms with Gasteiger partial charge in [0.25, 0.3) is 0 Å². The maximum atomic E-state index is 13.0. The van der Waals surface area contributed by atoms with E-state index in [0.29, 0.717) is 17.8 Å². The fourth-order valence-corrected chi connectivity index (χ4v) is 3.16. The van der Waals surface area contributed by atoms with Crippen molar-refractivity contribution in [1.82, 2.24) is 4.57 Å². The molecular weight excluding hydrogens is 344 g/mol. The summed E-state index contributed by atoms with van der Waals surface area (Å²) in [6, 6.07) is 14.6. The van der Waals surface area contributed by atoms with Crippen LogP contribution < -0.4 is 9.64 Å². The Morgan fingerprint density at radius 1 is 1.11 bits per heavy atom. The second-order valence-corrected chi connectivity index (χ2v) is 6.32. The molecule has 1 heterocycles. The molecule has 0 aliphatic heterocycles. The number of likely N-dealkylation sites (N-methyl/N-ethyl adjacent to an activating group) is 1. The SMILES string of the molecule is CCN(C(=O)Cn1c(C(=O)O)cc2ccc(OC)cc21)c1ccc(C)cc1. The number of anilines is 1. The van der Waals surface area contributed by atoms with Crippen LogP contribution in [0.1, 0.15) is 23.0 Å². The second kappa shape index (κ2) is 7.53. The molecule has 6 heteroatoms. The number of aryl methyl sites for hydroxylation is 1. The molecule has 6 nitrogen and oxygen atoms in total. The minimum atomic E-state index is -1.07. The molecule has 1 aromatic heterocycles. The zero-order valence-corrected chi connectivity index (χ0v) is 15.6. The molecule has 0 saturated carbocycles. The molecule has 0 fully saturated rings. The van der Waals surface area contributed by atoms with Gasteiger partial charge < -0.3 is 19.3 Å². The summed E-state index contributed by atoms with van der Waals surface area (Å²) in [6.07, 6.45) is 0. The standard InChI is InChI=1S/C21H22N2O4/c1-4-22(16-8-5-14(2)6-9-16)20(24)13-23-18-12-17(27-3)10-7-15(18)11-19(23)21(25)26/h5-12H,4,13H2,1-3H3,(H,25,26). The summed E-state index contributed by atoms with van der Waals surface area (Å²) < 4.78 is 6.77. The first-order valence-corrected chi connectivity index (χ1v) is 8.72. The number of rotatable bonds is 6. The molecule has 3 aromatic rings. The van der Waals surface area contributed by atoms with Gasteiger partial charge in [0.15, 0.2) is 0 Å². The number of fused-ring (bicyclic) bond motifs is 1. The highest BCUT2D eigenvalue weighted by molar-refractivity contribution is 5.98. The van der Waals surface area contributed by atoms with Gasteiger partial charge in [-0.2, -0.15) is 0 Å². The lowest BCUT2D eigenvalue weighted by atomic mass is 10.2. The Morgan fingerprint density at radius 3 is 2.41 bits per heavy atom.